The Morgan fingerprint density at radius 3 is 2.64 bits per heavy atom. The van der Waals surface area contributed by atoms with Crippen molar-refractivity contribution in [3.8, 4) is 0 Å². The molecule has 0 radical (unpaired) electrons. The van der Waals surface area contributed by atoms with Crippen LogP contribution in [0.5, 0.6) is 0 Å². The first-order valence-electron chi connectivity index (χ1n) is 8.76. The van der Waals surface area contributed by atoms with Gasteiger partial charge >= 0.3 is 0 Å². The lowest BCUT2D eigenvalue weighted by molar-refractivity contribution is 0.00369. The summed E-state index contributed by atoms with van der Waals surface area (Å²) in [5, 5.41) is 3.29. The first-order chi connectivity index (χ1) is 10.8. The van der Waals surface area contributed by atoms with Crippen molar-refractivity contribution >= 4 is 5.96 Å². The van der Waals surface area contributed by atoms with Crippen molar-refractivity contribution in [3.63, 3.8) is 0 Å². The van der Waals surface area contributed by atoms with Crippen molar-refractivity contribution in [2.75, 3.05) is 52.6 Å². The molecule has 0 amide bonds. The van der Waals surface area contributed by atoms with Gasteiger partial charge in [-0.25, -0.2) is 0 Å². The van der Waals surface area contributed by atoms with E-state index in [0.29, 0.717) is 17.9 Å². The third-order valence-electron chi connectivity index (χ3n) is 5.27. The fraction of sp³-hybridized carbons (Fsp3) is 0.938. The summed E-state index contributed by atoms with van der Waals surface area (Å²) in [4.78, 5) is 7.13. The van der Waals surface area contributed by atoms with E-state index in [9.17, 15) is 0 Å². The standard InChI is InChI=1S/C16H30N4O2/c17-16(18-10-13-2-1-3-13)19-11-15(14-4-7-22-12-14)20-5-8-21-9-6-20/h13-15H,1-12H2,(H3,17,18,19)/t14-,15-/m1/s1. The van der Waals surface area contributed by atoms with Gasteiger partial charge in [-0.05, 0) is 25.2 Å². The molecule has 3 N–H and O–H groups in total. The fourth-order valence-corrected chi connectivity index (χ4v) is 3.52. The number of nitrogens with one attached hydrogen (secondary N) is 1. The van der Waals surface area contributed by atoms with Crippen molar-refractivity contribution < 1.29 is 9.47 Å². The topological polar surface area (TPSA) is 72.1 Å². The summed E-state index contributed by atoms with van der Waals surface area (Å²) in [7, 11) is 0. The molecule has 2 saturated heterocycles. The van der Waals surface area contributed by atoms with Gasteiger partial charge in [0.2, 0.25) is 0 Å². The average molecular weight is 310 g/mol. The maximum Gasteiger partial charge on any atom is 0.188 e. The van der Waals surface area contributed by atoms with Gasteiger partial charge in [0, 0.05) is 38.2 Å². The number of morpholine rings is 1. The van der Waals surface area contributed by atoms with Crippen LogP contribution < -0.4 is 11.1 Å². The summed E-state index contributed by atoms with van der Waals surface area (Å²) >= 11 is 0. The molecule has 0 unspecified atom stereocenters. The van der Waals surface area contributed by atoms with E-state index in [4.69, 9.17) is 15.2 Å². The average Bonchev–Trinajstić information content (AvgIpc) is 3.01. The van der Waals surface area contributed by atoms with Crippen LogP contribution in [-0.2, 0) is 9.47 Å². The molecule has 2 heterocycles. The van der Waals surface area contributed by atoms with Crippen LogP contribution in [0.3, 0.4) is 0 Å². The lowest BCUT2D eigenvalue weighted by Crippen LogP contribution is -2.49. The van der Waals surface area contributed by atoms with Gasteiger partial charge in [0.15, 0.2) is 5.96 Å². The van der Waals surface area contributed by atoms with E-state index in [1.807, 2.05) is 0 Å². The molecule has 2 aliphatic heterocycles. The van der Waals surface area contributed by atoms with Crippen molar-refractivity contribution in [1.29, 1.82) is 0 Å². The summed E-state index contributed by atoms with van der Waals surface area (Å²) in [6.07, 6.45) is 5.16. The van der Waals surface area contributed by atoms with Crippen molar-refractivity contribution in [1.82, 2.24) is 10.2 Å². The highest BCUT2D eigenvalue weighted by atomic mass is 16.5. The maximum atomic E-state index is 6.04. The number of rotatable bonds is 6. The number of ether oxygens (including phenoxy) is 2. The maximum absolute atomic E-state index is 6.04. The molecule has 0 aromatic carbocycles. The molecule has 2 atom stereocenters. The third kappa shape index (κ3) is 4.33. The number of hydrogen-bond acceptors (Lipinski definition) is 4. The molecule has 1 aliphatic carbocycles. The Kier molecular flexibility index (Phi) is 5.92. The van der Waals surface area contributed by atoms with Crippen LogP contribution in [0.4, 0.5) is 0 Å². The van der Waals surface area contributed by atoms with E-state index in [2.05, 4.69) is 15.2 Å². The molecule has 0 aromatic heterocycles. The van der Waals surface area contributed by atoms with Gasteiger partial charge in [-0.2, -0.15) is 0 Å². The summed E-state index contributed by atoms with van der Waals surface area (Å²) in [6, 6.07) is 0.426. The molecule has 3 fully saturated rings. The second-order valence-corrected chi connectivity index (χ2v) is 6.74. The quantitative estimate of drug-likeness (QED) is 0.550. The zero-order chi connectivity index (χ0) is 15.2. The van der Waals surface area contributed by atoms with Crippen molar-refractivity contribution in [2.45, 2.75) is 31.7 Å². The Hall–Kier alpha value is -0.850. The number of aliphatic imine (C=N–C) groups is 1. The van der Waals surface area contributed by atoms with E-state index >= 15 is 0 Å². The molecule has 3 rings (SSSR count). The minimum Gasteiger partial charge on any atom is -0.381 e. The minimum atomic E-state index is 0.426. The Bertz CT molecular complexity index is 361. The predicted octanol–water partition coefficient (Wildman–Crippen LogP) is 0.428. The molecule has 6 heteroatoms. The van der Waals surface area contributed by atoms with Gasteiger partial charge in [-0.15, -0.1) is 0 Å². The Morgan fingerprint density at radius 2 is 2.00 bits per heavy atom. The molecule has 0 aromatic rings. The molecule has 6 nitrogen and oxygen atoms in total. The molecular weight excluding hydrogens is 280 g/mol. The van der Waals surface area contributed by atoms with Crippen LogP contribution in [-0.4, -0.2) is 69.5 Å². The zero-order valence-electron chi connectivity index (χ0n) is 13.5. The highest BCUT2D eigenvalue weighted by Crippen LogP contribution is 2.25. The van der Waals surface area contributed by atoms with Gasteiger partial charge in [0.05, 0.1) is 26.4 Å². The second kappa shape index (κ2) is 8.13. The Morgan fingerprint density at radius 1 is 1.18 bits per heavy atom. The van der Waals surface area contributed by atoms with Gasteiger partial charge < -0.3 is 20.5 Å². The van der Waals surface area contributed by atoms with Gasteiger partial charge in [0.25, 0.3) is 0 Å². The van der Waals surface area contributed by atoms with E-state index in [1.54, 1.807) is 0 Å². The molecule has 0 bridgehead atoms. The SMILES string of the molecule is NC(=NC[C@H]([C@@H]1CCOC1)N1CCOCC1)NCC1CCC1. The van der Waals surface area contributed by atoms with Crippen molar-refractivity contribution in [2.24, 2.45) is 22.6 Å². The predicted molar refractivity (Wildman–Crippen MR) is 86.9 cm³/mol. The minimum absolute atomic E-state index is 0.426. The Labute approximate surface area is 133 Å². The summed E-state index contributed by atoms with van der Waals surface area (Å²) in [6.45, 7) is 7.10. The summed E-state index contributed by atoms with van der Waals surface area (Å²) in [5.74, 6) is 1.97. The lowest BCUT2D eigenvalue weighted by Gasteiger charge is -2.36. The van der Waals surface area contributed by atoms with Crippen LogP contribution in [0.1, 0.15) is 25.7 Å². The van der Waals surface area contributed by atoms with Crippen molar-refractivity contribution in [3.05, 3.63) is 0 Å². The molecular formula is C16H30N4O2. The first-order valence-corrected chi connectivity index (χ1v) is 8.76. The van der Waals surface area contributed by atoms with Gasteiger partial charge in [0.1, 0.15) is 0 Å². The third-order valence-corrected chi connectivity index (χ3v) is 5.27. The molecule has 3 aliphatic rings. The van der Waals surface area contributed by atoms with E-state index < -0.39 is 0 Å². The van der Waals surface area contributed by atoms with Crippen LogP contribution >= 0.6 is 0 Å². The van der Waals surface area contributed by atoms with Gasteiger partial charge in [-0.1, -0.05) is 6.42 Å². The van der Waals surface area contributed by atoms with Crippen LogP contribution in [0, 0.1) is 11.8 Å². The molecule has 0 spiro atoms. The first kappa shape index (κ1) is 16.0. The summed E-state index contributed by atoms with van der Waals surface area (Å²) < 4.78 is 11.1. The van der Waals surface area contributed by atoms with Crippen LogP contribution in [0.2, 0.25) is 0 Å². The number of guanidine groups is 1. The summed E-state index contributed by atoms with van der Waals surface area (Å²) in [5.41, 5.74) is 6.04. The van der Waals surface area contributed by atoms with Gasteiger partial charge in [-0.3, -0.25) is 9.89 Å². The van der Waals surface area contributed by atoms with E-state index in [-0.39, 0.29) is 0 Å². The van der Waals surface area contributed by atoms with E-state index in [1.165, 1.54) is 19.3 Å². The Balaban J connectivity index is 1.51. The highest BCUT2D eigenvalue weighted by molar-refractivity contribution is 5.77. The molecule has 1 saturated carbocycles. The number of hydrogen-bond donors (Lipinski definition) is 2. The lowest BCUT2D eigenvalue weighted by atomic mass is 9.85. The van der Waals surface area contributed by atoms with Crippen LogP contribution in [0.15, 0.2) is 4.99 Å². The molecule has 126 valence electrons. The molecule has 22 heavy (non-hydrogen) atoms. The fourth-order valence-electron chi connectivity index (χ4n) is 3.52. The highest BCUT2D eigenvalue weighted by Gasteiger charge is 2.31. The smallest absolute Gasteiger partial charge is 0.188 e. The van der Waals surface area contributed by atoms with Crippen LogP contribution in [0.25, 0.3) is 0 Å². The largest absolute Gasteiger partial charge is 0.381 e. The monoisotopic (exact) mass is 310 g/mol. The number of nitrogens with zero attached hydrogens (tertiary/aromatic N) is 2. The zero-order valence-corrected chi connectivity index (χ0v) is 13.5. The van der Waals surface area contributed by atoms with E-state index in [0.717, 1.165) is 64.9 Å². The normalized spacial score (nSPS) is 29.3. The second-order valence-electron chi connectivity index (χ2n) is 6.74. The number of nitrogens with two attached hydrogens (primary N) is 1.